The van der Waals surface area contributed by atoms with Gasteiger partial charge in [0, 0.05) is 11.1 Å². The molecule has 1 aliphatic heterocycles. The Labute approximate surface area is 119 Å². The highest BCUT2D eigenvalue weighted by Gasteiger charge is 2.37. The van der Waals surface area contributed by atoms with E-state index in [1.54, 1.807) is 12.1 Å². The quantitative estimate of drug-likeness (QED) is 0.622. The van der Waals surface area contributed by atoms with Crippen LogP contribution in [0.5, 0.6) is 11.5 Å². The molecule has 3 nitrogen and oxygen atoms in total. The van der Waals surface area contributed by atoms with E-state index in [1.165, 1.54) is 0 Å². The number of fused-ring (bicyclic) bond motifs is 2. The van der Waals surface area contributed by atoms with Crippen LogP contribution in [0.4, 0.5) is 0 Å². The van der Waals surface area contributed by atoms with Gasteiger partial charge in [-0.1, -0.05) is 23.7 Å². The van der Waals surface area contributed by atoms with Gasteiger partial charge in [-0.05, 0) is 29.2 Å². The molecule has 2 aromatic carbocycles. The summed E-state index contributed by atoms with van der Waals surface area (Å²) in [4.78, 5) is 4.11. The maximum atomic E-state index is 9.34. The fourth-order valence-electron chi connectivity index (χ4n) is 1.76. The third kappa shape index (κ3) is 2.18. The molecule has 0 aromatic heterocycles. The number of rotatable bonds is 1. The van der Waals surface area contributed by atoms with Crippen molar-refractivity contribution < 1.29 is 9.94 Å². The Kier molecular flexibility index (Phi) is 4.04. The number of hydrogen-bond acceptors (Lipinski definition) is 3. The van der Waals surface area contributed by atoms with Crippen molar-refractivity contribution in [2.75, 3.05) is 0 Å². The average molecular weight is 303 g/mol. The Morgan fingerprint density at radius 1 is 1.06 bits per heavy atom. The van der Waals surface area contributed by atoms with E-state index in [-0.39, 0.29) is 12.4 Å². The summed E-state index contributed by atoms with van der Waals surface area (Å²) in [6.45, 7) is 0. The minimum absolute atomic E-state index is 0. The molecule has 1 atom stereocenters. The van der Waals surface area contributed by atoms with E-state index in [0.29, 0.717) is 5.02 Å². The first kappa shape index (κ1) is 13.5. The highest BCUT2D eigenvalue weighted by molar-refractivity contribution is 7.95. The first-order valence-corrected chi connectivity index (χ1v) is 6.60. The monoisotopic (exact) mass is 302 g/mol. The van der Waals surface area contributed by atoms with Gasteiger partial charge in [0.05, 0.1) is 0 Å². The first-order valence-electron chi connectivity index (χ1n) is 5.00. The van der Waals surface area contributed by atoms with E-state index in [4.69, 9.17) is 16.3 Å². The van der Waals surface area contributed by atoms with Crippen molar-refractivity contribution in [1.82, 2.24) is 4.89 Å². The molecule has 2 aromatic rings. The van der Waals surface area contributed by atoms with Crippen LogP contribution < -0.4 is 9.62 Å². The van der Waals surface area contributed by atoms with Gasteiger partial charge < -0.3 is 4.74 Å². The number of hydrogen-bond donors (Lipinski definition) is 2. The topological polar surface area (TPSA) is 41.5 Å². The largest absolute Gasteiger partial charge is 0.447 e. The number of benzene rings is 2. The van der Waals surface area contributed by atoms with E-state index in [9.17, 15) is 5.21 Å². The van der Waals surface area contributed by atoms with Crippen LogP contribution in [-0.4, -0.2) is 5.21 Å². The molecule has 0 saturated carbocycles. The SMILES string of the molecule is Cl.ON[S+]1c2ccccc2Oc2ccc(Cl)cc21. The smallest absolute Gasteiger partial charge is 0.228 e. The normalized spacial score (nSPS) is 16.0. The van der Waals surface area contributed by atoms with Crippen molar-refractivity contribution >= 4 is 35.1 Å². The summed E-state index contributed by atoms with van der Waals surface area (Å²) in [5.41, 5.74) is 0. The van der Waals surface area contributed by atoms with E-state index in [1.807, 2.05) is 30.3 Å². The summed E-state index contributed by atoms with van der Waals surface area (Å²) < 4.78 is 5.76. The highest BCUT2D eigenvalue weighted by atomic mass is 35.5. The molecule has 2 N–H and O–H groups in total. The zero-order valence-corrected chi connectivity index (χ0v) is 11.5. The maximum absolute atomic E-state index is 9.34. The van der Waals surface area contributed by atoms with Gasteiger partial charge in [-0.3, -0.25) is 5.21 Å². The van der Waals surface area contributed by atoms with Gasteiger partial charge in [0.1, 0.15) is 0 Å². The standard InChI is InChI=1S/C12H9ClNO2S.ClH/c13-8-5-6-10-12(7-8)17(14-15)11-4-2-1-3-9(11)16-10;/h1-7,14-15H;1H/q+1;. The molecule has 3 rings (SSSR count). The van der Waals surface area contributed by atoms with Gasteiger partial charge in [0.2, 0.25) is 9.79 Å². The first-order chi connectivity index (χ1) is 8.29. The van der Waals surface area contributed by atoms with Gasteiger partial charge in [0.15, 0.2) is 22.6 Å². The highest BCUT2D eigenvalue weighted by Crippen LogP contribution is 2.42. The second-order valence-electron chi connectivity index (χ2n) is 3.54. The van der Waals surface area contributed by atoms with Crippen molar-refractivity contribution in [1.29, 1.82) is 0 Å². The van der Waals surface area contributed by atoms with Crippen LogP contribution in [-0.2, 0) is 11.1 Å². The molecule has 0 spiro atoms. The molecule has 94 valence electrons. The predicted octanol–water partition coefficient (Wildman–Crippen LogP) is 3.80. The summed E-state index contributed by atoms with van der Waals surface area (Å²) in [5.74, 6) is 1.48. The lowest BCUT2D eigenvalue weighted by Crippen LogP contribution is -2.24. The van der Waals surface area contributed by atoms with E-state index in [2.05, 4.69) is 4.89 Å². The van der Waals surface area contributed by atoms with Crippen LogP contribution in [0, 0.1) is 0 Å². The molecule has 1 unspecified atom stereocenters. The van der Waals surface area contributed by atoms with Crippen molar-refractivity contribution in [3.8, 4) is 11.5 Å². The molecule has 1 heterocycles. The average Bonchev–Trinajstić information content (AvgIpc) is 2.36. The lowest BCUT2D eigenvalue weighted by Gasteiger charge is -2.17. The third-order valence-corrected chi connectivity index (χ3v) is 4.46. The van der Waals surface area contributed by atoms with Crippen LogP contribution in [0.25, 0.3) is 0 Å². The van der Waals surface area contributed by atoms with Crippen LogP contribution in [0.2, 0.25) is 5.02 Å². The van der Waals surface area contributed by atoms with Crippen molar-refractivity contribution in [2.24, 2.45) is 0 Å². The van der Waals surface area contributed by atoms with Gasteiger partial charge in [-0.2, -0.15) is 0 Å². The van der Waals surface area contributed by atoms with Gasteiger partial charge in [0.25, 0.3) is 0 Å². The van der Waals surface area contributed by atoms with Gasteiger partial charge >= 0.3 is 0 Å². The van der Waals surface area contributed by atoms with Crippen molar-refractivity contribution in [3.05, 3.63) is 47.5 Å². The van der Waals surface area contributed by atoms with Crippen LogP contribution in [0.1, 0.15) is 0 Å². The number of nitrogens with one attached hydrogen (secondary N) is 1. The van der Waals surface area contributed by atoms with E-state index in [0.717, 1.165) is 21.3 Å². The molecule has 0 aliphatic carbocycles. The molecule has 0 fully saturated rings. The zero-order valence-electron chi connectivity index (χ0n) is 9.09. The number of halogens is 2. The Balaban J connectivity index is 0.00000120. The summed E-state index contributed by atoms with van der Waals surface area (Å²) in [6, 6.07) is 13.0. The fraction of sp³-hybridized carbons (Fsp3) is 0. The van der Waals surface area contributed by atoms with E-state index < -0.39 is 11.1 Å². The second kappa shape index (κ2) is 5.38. The predicted molar refractivity (Wildman–Crippen MR) is 74.0 cm³/mol. The molecule has 0 radical (unpaired) electrons. The molecule has 0 bridgehead atoms. The molecule has 1 aliphatic rings. The minimum atomic E-state index is -0.616. The van der Waals surface area contributed by atoms with Crippen molar-refractivity contribution in [3.63, 3.8) is 0 Å². The molecular formula is C12H10Cl2NO2S+. The molecule has 18 heavy (non-hydrogen) atoms. The van der Waals surface area contributed by atoms with Crippen LogP contribution in [0.15, 0.2) is 52.3 Å². The third-order valence-electron chi connectivity index (χ3n) is 2.51. The summed E-state index contributed by atoms with van der Waals surface area (Å²) >= 11 is 5.35. The maximum Gasteiger partial charge on any atom is 0.228 e. The zero-order chi connectivity index (χ0) is 11.8. The summed E-state index contributed by atoms with van der Waals surface area (Å²) in [7, 11) is 0. The van der Waals surface area contributed by atoms with Crippen molar-refractivity contribution in [2.45, 2.75) is 9.79 Å². The Morgan fingerprint density at radius 2 is 1.78 bits per heavy atom. The molecule has 0 saturated heterocycles. The lowest BCUT2D eigenvalue weighted by atomic mass is 10.3. The Morgan fingerprint density at radius 3 is 2.56 bits per heavy atom. The second-order valence-corrected chi connectivity index (χ2v) is 5.65. The number of para-hydroxylation sites is 1. The van der Waals surface area contributed by atoms with Crippen LogP contribution in [0.3, 0.4) is 0 Å². The fourth-order valence-corrected chi connectivity index (χ4v) is 3.52. The summed E-state index contributed by atoms with van der Waals surface area (Å²) in [5, 5.41) is 9.96. The molecule has 0 amide bonds. The Bertz CT molecular complexity index is 580. The lowest BCUT2D eigenvalue weighted by molar-refractivity contribution is 0.253. The Hall–Kier alpha value is -0.910. The summed E-state index contributed by atoms with van der Waals surface area (Å²) in [6.07, 6.45) is 0. The van der Waals surface area contributed by atoms with Gasteiger partial charge in [-0.25, -0.2) is 0 Å². The molecular weight excluding hydrogens is 293 g/mol. The minimum Gasteiger partial charge on any atom is -0.447 e. The van der Waals surface area contributed by atoms with E-state index >= 15 is 0 Å². The molecule has 6 heteroatoms. The van der Waals surface area contributed by atoms with Gasteiger partial charge in [-0.15, -0.1) is 12.4 Å². The van der Waals surface area contributed by atoms with Crippen LogP contribution >= 0.6 is 24.0 Å². The number of ether oxygens (including phenoxy) is 1.